The number of Topliss-reactive ketones (excluding diaryl/α,β-unsaturated/α-hetero) is 1. The first kappa shape index (κ1) is 22.9. The van der Waals surface area contributed by atoms with Crippen molar-refractivity contribution >= 4 is 23.3 Å². The normalized spacial score (nSPS) is 11.6. The van der Waals surface area contributed by atoms with Gasteiger partial charge < -0.3 is 10.1 Å². The molecule has 1 aromatic rings. The Kier molecular flexibility index (Phi) is 11.8. The minimum Gasteiger partial charge on any atom is -0.469 e. The maximum Gasteiger partial charge on any atom is 0.305 e. The highest BCUT2D eigenvalue weighted by atomic mass is 16.5. The maximum absolute atomic E-state index is 12.2. The van der Waals surface area contributed by atoms with E-state index in [4.69, 9.17) is 0 Å². The Morgan fingerprint density at radius 2 is 1.67 bits per heavy atom. The van der Waals surface area contributed by atoms with Crippen LogP contribution in [0.25, 0.3) is 0 Å². The molecule has 0 aromatic heterocycles. The molecule has 0 saturated carbocycles. The maximum atomic E-state index is 12.2. The molecule has 5 nitrogen and oxygen atoms in total. The molecular formula is C22H33NO4. The first-order valence-electron chi connectivity index (χ1n) is 9.98. The van der Waals surface area contributed by atoms with Gasteiger partial charge in [0, 0.05) is 31.4 Å². The van der Waals surface area contributed by atoms with Crippen molar-refractivity contribution in [1.82, 2.24) is 0 Å². The van der Waals surface area contributed by atoms with E-state index >= 15 is 0 Å². The van der Waals surface area contributed by atoms with E-state index in [9.17, 15) is 14.4 Å². The van der Waals surface area contributed by atoms with Crippen molar-refractivity contribution < 1.29 is 19.1 Å². The highest BCUT2D eigenvalue weighted by Crippen LogP contribution is 2.21. The molecule has 0 aliphatic heterocycles. The fourth-order valence-corrected chi connectivity index (χ4v) is 3.17. The molecular weight excluding hydrogens is 342 g/mol. The van der Waals surface area contributed by atoms with Crippen LogP contribution in [0, 0.1) is 5.92 Å². The first-order chi connectivity index (χ1) is 13.0. The number of carbonyl (C=O) groups excluding carboxylic acids is 3. The average Bonchev–Trinajstić information content (AvgIpc) is 2.66. The fourth-order valence-electron chi connectivity index (χ4n) is 3.17. The molecule has 0 bridgehead atoms. The van der Waals surface area contributed by atoms with Crippen molar-refractivity contribution in [1.29, 1.82) is 0 Å². The topological polar surface area (TPSA) is 72.5 Å². The highest BCUT2D eigenvalue weighted by molar-refractivity contribution is 5.90. The number of ether oxygens (including phenoxy) is 1. The summed E-state index contributed by atoms with van der Waals surface area (Å²) in [7, 11) is 1.40. The Morgan fingerprint density at radius 1 is 0.963 bits per heavy atom. The molecule has 0 aliphatic rings. The monoisotopic (exact) mass is 375 g/mol. The number of nitrogens with one attached hydrogen (secondary N) is 1. The van der Waals surface area contributed by atoms with Crippen molar-refractivity contribution in [2.75, 3.05) is 12.4 Å². The molecule has 0 heterocycles. The lowest BCUT2D eigenvalue weighted by atomic mass is 9.90. The van der Waals surface area contributed by atoms with Crippen LogP contribution in [0.1, 0.15) is 71.1 Å². The second kappa shape index (κ2) is 14.0. The van der Waals surface area contributed by atoms with Crippen molar-refractivity contribution in [2.24, 2.45) is 5.92 Å². The summed E-state index contributed by atoms with van der Waals surface area (Å²) in [5.74, 6) is 0.397. The molecule has 0 saturated heterocycles. The van der Waals surface area contributed by atoms with Crippen LogP contribution in [-0.2, 0) is 19.1 Å². The summed E-state index contributed by atoms with van der Waals surface area (Å²) < 4.78 is 4.66. The number of hydrogen-bond donors (Lipinski definition) is 1. The van der Waals surface area contributed by atoms with E-state index in [1.165, 1.54) is 7.11 Å². The molecule has 1 atom stereocenters. The van der Waals surface area contributed by atoms with Gasteiger partial charge in [0.25, 0.3) is 0 Å². The summed E-state index contributed by atoms with van der Waals surface area (Å²) in [6.07, 6.45) is 7.09. The van der Waals surface area contributed by atoms with Crippen LogP contribution in [0.4, 0.5) is 5.69 Å². The average molecular weight is 376 g/mol. The number of amides is 1. The van der Waals surface area contributed by atoms with Crippen LogP contribution >= 0.6 is 0 Å². The second-order valence-electron chi connectivity index (χ2n) is 6.99. The number of para-hydroxylation sites is 1. The predicted octanol–water partition coefficient (Wildman–Crippen LogP) is 4.90. The quantitative estimate of drug-likeness (QED) is 0.371. The third kappa shape index (κ3) is 11.2. The molecule has 27 heavy (non-hydrogen) atoms. The molecule has 0 radical (unpaired) electrons. The smallest absolute Gasteiger partial charge is 0.305 e. The zero-order chi connectivity index (χ0) is 19.9. The van der Waals surface area contributed by atoms with Crippen molar-refractivity contribution in [3.63, 3.8) is 0 Å². The van der Waals surface area contributed by atoms with Gasteiger partial charge in [-0.2, -0.15) is 0 Å². The van der Waals surface area contributed by atoms with Crippen LogP contribution in [0.2, 0.25) is 0 Å². The van der Waals surface area contributed by atoms with Gasteiger partial charge in [0.2, 0.25) is 5.91 Å². The number of methoxy groups -OCH3 is 1. The number of carbonyl (C=O) groups is 3. The molecule has 1 rings (SSSR count). The van der Waals surface area contributed by atoms with E-state index in [-0.39, 0.29) is 17.7 Å². The highest BCUT2D eigenvalue weighted by Gasteiger charge is 2.14. The second-order valence-corrected chi connectivity index (χ2v) is 6.99. The molecule has 0 spiro atoms. The van der Waals surface area contributed by atoms with Gasteiger partial charge in [-0.25, -0.2) is 0 Å². The molecule has 1 amide bonds. The third-order valence-corrected chi connectivity index (χ3v) is 4.60. The van der Waals surface area contributed by atoms with E-state index in [2.05, 4.69) is 17.0 Å². The van der Waals surface area contributed by atoms with Crippen LogP contribution in [0.5, 0.6) is 0 Å². The Labute approximate surface area is 162 Å². The number of unbranched alkanes of at least 4 members (excludes halogenated alkanes) is 1. The van der Waals surface area contributed by atoms with Gasteiger partial charge in [0.15, 0.2) is 0 Å². The van der Waals surface area contributed by atoms with Crippen molar-refractivity contribution in [3.8, 4) is 0 Å². The number of esters is 1. The Hall–Kier alpha value is -2.17. The lowest BCUT2D eigenvalue weighted by molar-refractivity contribution is -0.140. The van der Waals surface area contributed by atoms with E-state index in [1.807, 2.05) is 30.3 Å². The zero-order valence-electron chi connectivity index (χ0n) is 16.7. The number of ketones is 1. The summed E-state index contributed by atoms with van der Waals surface area (Å²) in [4.78, 5) is 35.3. The Morgan fingerprint density at radius 3 is 2.33 bits per heavy atom. The molecule has 150 valence electrons. The number of hydrogen-bond acceptors (Lipinski definition) is 4. The lowest BCUT2D eigenvalue weighted by Gasteiger charge is -2.15. The number of anilines is 1. The molecule has 1 N–H and O–H groups in total. The van der Waals surface area contributed by atoms with Gasteiger partial charge in [-0.05, 0) is 43.7 Å². The molecule has 0 aliphatic carbocycles. The summed E-state index contributed by atoms with van der Waals surface area (Å²) in [6.45, 7) is 2.11. The first-order valence-corrected chi connectivity index (χ1v) is 9.98. The van der Waals surface area contributed by atoms with E-state index in [0.29, 0.717) is 38.0 Å². The van der Waals surface area contributed by atoms with Gasteiger partial charge in [0.05, 0.1) is 7.11 Å². The van der Waals surface area contributed by atoms with Crippen molar-refractivity contribution in [2.45, 2.75) is 71.1 Å². The predicted molar refractivity (Wildman–Crippen MR) is 107 cm³/mol. The summed E-state index contributed by atoms with van der Waals surface area (Å²) >= 11 is 0. The number of benzene rings is 1. The van der Waals surface area contributed by atoms with Crippen LogP contribution in [-0.4, -0.2) is 24.8 Å². The molecule has 1 aromatic carbocycles. The van der Waals surface area contributed by atoms with Gasteiger partial charge >= 0.3 is 5.97 Å². The van der Waals surface area contributed by atoms with Crippen molar-refractivity contribution in [3.05, 3.63) is 30.3 Å². The SMILES string of the molecule is CCC[C@@H](CCCC(=O)OC)CC(=O)CCCCC(=O)Nc1ccccc1. The van der Waals surface area contributed by atoms with Gasteiger partial charge in [0.1, 0.15) is 5.78 Å². The van der Waals surface area contributed by atoms with Crippen LogP contribution < -0.4 is 5.32 Å². The van der Waals surface area contributed by atoms with Gasteiger partial charge in [-0.1, -0.05) is 38.0 Å². The van der Waals surface area contributed by atoms with Crippen LogP contribution in [0.3, 0.4) is 0 Å². The van der Waals surface area contributed by atoms with Gasteiger partial charge in [-0.3, -0.25) is 14.4 Å². The van der Waals surface area contributed by atoms with E-state index in [1.54, 1.807) is 0 Å². The fraction of sp³-hybridized carbons (Fsp3) is 0.591. The largest absolute Gasteiger partial charge is 0.469 e. The number of rotatable bonds is 14. The van der Waals surface area contributed by atoms with Gasteiger partial charge in [-0.15, -0.1) is 0 Å². The van der Waals surface area contributed by atoms with E-state index < -0.39 is 0 Å². The third-order valence-electron chi connectivity index (χ3n) is 4.60. The molecule has 0 fully saturated rings. The molecule has 0 unspecified atom stereocenters. The summed E-state index contributed by atoms with van der Waals surface area (Å²) in [5.41, 5.74) is 0.799. The lowest BCUT2D eigenvalue weighted by Crippen LogP contribution is -2.12. The summed E-state index contributed by atoms with van der Waals surface area (Å²) in [6, 6.07) is 9.38. The van der Waals surface area contributed by atoms with E-state index in [0.717, 1.165) is 37.8 Å². The Bertz CT molecular complexity index is 571. The van der Waals surface area contributed by atoms with Crippen LogP contribution in [0.15, 0.2) is 30.3 Å². The standard InChI is InChI=1S/C22H33NO4/c1-3-10-18(11-9-16-22(26)27-2)17-20(24)14-7-8-15-21(25)23-19-12-5-4-6-13-19/h4-6,12-13,18H,3,7-11,14-17H2,1-2H3,(H,23,25)/t18-/m0/s1. The zero-order valence-corrected chi connectivity index (χ0v) is 16.7. The Balaban J connectivity index is 2.19. The minimum absolute atomic E-state index is 0.0136. The molecule has 5 heteroatoms. The minimum atomic E-state index is -0.189. The summed E-state index contributed by atoms with van der Waals surface area (Å²) in [5, 5.41) is 2.85.